The number of hydrogen-bond acceptors (Lipinski definition) is 5. The smallest absolute Gasteiger partial charge is 0.343 e. The highest BCUT2D eigenvalue weighted by Crippen LogP contribution is 2.23. The SMILES string of the molecule is CCCCCCCOc1ccc(C(=O)Oc2ccc(CN(CC(=O)O)C(=O)c3ccc(C(C)(C)C)cc3)cc2)cc1. The van der Waals surface area contributed by atoms with E-state index in [-0.39, 0.29) is 17.9 Å². The van der Waals surface area contributed by atoms with E-state index < -0.39 is 18.5 Å². The Morgan fingerprint density at radius 3 is 1.93 bits per heavy atom. The fourth-order valence-electron chi connectivity index (χ4n) is 4.29. The fraction of sp³-hybridized carbons (Fsp3) is 0.382. The molecule has 7 heteroatoms. The zero-order valence-electron chi connectivity index (χ0n) is 24.5. The van der Waals surface area contributed by atoms with Crippen molar-refractivity contribution in [3.05, 3.63) is 95.1 Å². The van der Waals surface area contributed by atoms with Crippen LogP contribution in [-0.4, -0.2) is 41.0 Å². The summed E-state index contributed by atoms with van der Waals surface area (Å²) in [6.45, 7) is 8.77. The first kappa shape index (κ1) is 31.4. The molecule has 0 aliphatic heterocycles. The highest BCUT2D eigenvalue weighted by Gasteiger charge is 2.21. The summed E-state index contributed by atoms with van der Waals surface area (Å²) in [5.41, 5.74) is 2.56. The van der Waals surface area contributed by atoms with Crippen molar-refractivity contribution >= 4 is 17.8 Å². The van der Waals surface area contributed by atoms with E-state index in [1.165, 1.54) is 24.2 Å². The molecule has 0 bridgehead atoms. The monoisotopic (exact) mass is 559 g/mol. The maximum absolute atomic E-state index is 13.1. The predicted molar refractivity (Wildman–Crippen MR) is 160 cm³/mol. The first-order valence-corrected chi connectivity index (χ1v) is 14.2. The Morgan fingerprint density at radius 1 is 0.756 bits per heavy atom. The first-order chi connectivity index (χ1) is 19.6. The molecule has 3 rings (SSSR count). The van der Waals surface area contributed by atoms with Gasteiger partial charge in [-0.25, -0.2) is 4.79 Å². The summed E-state index contributed by atoms with van der Waals surface area (Å²) in [7, 11) is 0. The Kier molecular flexibility index (Phi) is 11.5. The van der Waals surface area contributed by atoms with Gasteiger partial charge in [-0.1, -0.05) is 77.6 Å². The van der Waals surface area contributed by atoms with Crippen molar-refractivity contribution in [3.63, 3.8) is 0 Å². The molecular weight excluding hydrogens is 518 g/mol. The lowest BCUT2D eigenvalue weighted by atomic mass is 9.86. The molecule has 1 N–H and O–H groups in total. The third kappa shape index (κ3) is 10.1. The highest BCUT2D eigenvalue weighted by atomic mass is 16.5. The molecule has 0 aliphatic rings. The van der Waals surface area contributed by atoms with Gasteiger partial charge in [0.05, 0.1) is 12.2 Å². The lowest BCUT2D eigenvalue weighted by Crippen LogP contribution is -2.35. The molecule has 41 heavy (non-hydrogen) atoms. The topological polar surface area (TPSA) is 93.1 Å². The van der Waals surface area contributed by atoms with Crippen molar-refractivity contribution in [1.82, 2.24) is 4.90 Å². The fourth-order valence-corrected chi connectivity index (χ4v) is 4.29. The number of carboxylic acid groups (broad SMARTS) is 1. The van der Waals surface area contributed by atoms with Crippen LogP contribution in [-0.2, 0) is 16.8 Å². The number of nitrogens with zero attached hydrogens (tertiary/aromatic N) is 1. The van der Waals surface area contributed by atoms with Crippen molar-refractivity contribution in [2.24, 2.45) is 0 Å². The maximum Gasteiger partial charge on any atom is 0.343 e. The number of carbonyl (C=O) groups is 3. The zero-order chi connectivity index (χ0) is 29.8. The van der Waals surface area contributed by atoms with Crippen LogP contribution in [0, 0.1) is 0 Å². The van der Waals surface area contributed by atoms with E-state index in [1.54, 1.807) is 60.7 Å². The summed E-state index contributed by atoms with van der Waals surface area (Å²) in [5.74, 6) is -0.900. The Morgan fingerprint density at radius 2 is 1.34 bits per heavy atom. The summed E-state index contributed by atoms with van der Waals surface area (Å²) in [4.78, 5) is 38.5. The third-order valence-corrected chi connectivity index (χ3v) is 6.73. The molecule has 0 unspecified atom stereocenters. The molecule has 0 radical (unpaired) electrons. The number of carbonyl (C=O) groups excluding carboxylic acids is 2. The van der Waals surface area contributed by atoms with Gasteiger partial charge in [0.25, 0.3) is 5.91 Å². The van der Waals surface area contributed by atoms with Crippen molar-refractivity contribution in [2.45, 2.75) is 71.8 Å². The molecule has 0 saturated heterocycles. The van der Waals surface area contributed by atoms with E-state index in [9.17, 15) is 19.5 Å². The van der Waals surface area contributed by atoms with E-state index in [0.29, 0.717) is 34.8 Å². The largest absolute Gasteiger partial charge is 0.494 e. The van der Waals surface area contributed by atoms with Gasteiger partial charge in [-0.3, -0.25) is 9.59 Å². The Hall–Kier alpha value is -4.13. The molecule has 0 atom stereocenters. The van der Waals surface area contributed by atoms with Gasteiger partial charge >= 0.3 is 11.9 Å². The Labute approximate surface area is 243 Å². The second-order valence-corrected chi connectivity index (χ2v) is 11.2. The van der Waals surface area contributed by atoms with Crippen LogP contribution >= 0.6 is 0 Å². The number of benzene rings is 3. The van der Waals surface area contributed by atoms with Gasteiger partial charge in [0.2, 0.25) is 0 Å². The molecule has 218 valence electrons. The molecule has 0 saturated carbocycles. The zero-order valence-corrected chi connectivity index (χ0v) is 24.5. The van der Waals surface area contributed by atoms with Crippen LogP contribution in [0.4, 0.5) is 0 Å². The van der Waals surface area contributed by atoms with Crippen molar-refractivity contribution in [1.29, 1.82) is 0 Å². The minimum Gasteiger partial charge on any atom is -0.494 e. The molecular formula is C34H41NO6. The molecule has 0 aliphatic carbocycles. The van der Waals surface area contributed by atoms with Crippen LogP contribution < -0.4 is 9.47 Å². The van der Waals surface area contributed by atoms with Crippen LogP contribution in [0.5, 0.6) is 11.5 Å². The van der Waals surface area contributed by atoms with E-state index >= 15 is 0 Å². The summed E-state index contributed by atoms with van der Waals surface area (Å²) in [6, 6.07) is 20.8. The van der Waals surface area contributed by atoms with Crippen molar-refractivity contribution in [2.75, 3.05) is 13.2 Å². The van der Waals surface area contributed by atoms with Crippen LogP contribution in [0.2, 0.25) is 0 Å². The van der Waals surface area contributed by atoms with Crippen molar-refractivity contribution in [3.8, 4) is 11.5 Å². The molecule has 0 fully saturated rings. The summed E-state index contributed by atoms with van der Waals surface area (Å²) < 4.78 is 11.3. The normalized spacial score (nSPS) is 11.1. The molecule has 7 nitrogen and oxygen atoms in total. The number of carboxylic acids is 1. The lowest BCUT2D eigenvalue weighted by Gasteiger charge is -2.22. The number of ether oxygens (including phenoxy) is 2. The summed E-state index contributed by atoms with van der Waals surface area (Å²) >= 11 is 0. The van der Waals surface area contributed by atoms with Gasteiger partial charge in [0.15, 0.2) is 0 Å². The van der Waals surface area contributed by atoms with Crippen LogP contribution in [0.1, 0.15) is 91.6 Å². The lowest BCUT2D eigenvalue weighted by molar-refractivity contribution is -0.137. The number of hydrogen-bond donors (Lipinski definition) is 1. The van der Waals surface area contributed by atoms with Crippen molar-refractivity contribution < 1.29 is 29.0 Å². The van der Waals surface area contributed by atoms with Crippen LogP contribution in [0.3, 0.4) is 0 Å². The number of unbranched alkanes of at least 4 members (excludes halogenated alkanes) is 4. The molecule has 3 aromatic carbocycles. The van der Waals surface area contributed by atoms with E-state index in [0.717, 1.165) is 18.4 Å². The molecule has 0 aromatic heterocycles. The van der Waals surface area contributed by atoms with Gasteiger partial charge in [-0.2, -0.15) is 0 Å². The van der Waals surface area contributed by atoms with Gasteiger partial charge in [-0.05, 0) is 71.5 Å². The average Bonchev–Trinajstić information content (AvgIpc) is 2.95. The standard InChI is InChI=1S/C34H41NO6/c1-5-6-7-8-9-22-40-29-20-14-27(15-21-29)33(39)41-30-18-10-25(11-19-30)23-35(24-31(36)37)32(38)26-12-16-28(17-13-26)34(2,3)4/h10-21H,5-9,22-24H2,1-4H3,(H,36,37). The Balaban J connectivity index is 1.57. The second kappa shape index (κ2) is 15.0. The van der Waals surface area contributed by atoms with E-state index in [2.05, 4.69) is 27.7 Å². The molecule has 0 heterocycles. The van der Waals surface area contributed by atoms with Gasteiger partial charge in [0.1, 0.15) is 18.0 Å². The quantitative estimate of drug-likeness (QED) is 0.127. The number of aliphatic carboxylic acids is 1. The summed E-state index contributed by atoms with van der Waals surface area (Å²) in [6.07, 6.45) is 5.83. The second-order valence-electron chi connectivity index (χ2n) is 11.2. The van der Waals surface area contributed by atoms with E-state index in [1.807, 2.05) is 12.1 Å². The van der Waals surface area contributed by atoms with Gasteiger partial charge < -0.3 is 19.5 Å². The minimum absolute atomic E-state index is 0.0569. The molecule has 1 amide bonds. The predicted octanol–water partition coefficient (Wildman–Crippen LogP) is 7.28. The summed E-state index contributed by atoms with van der Waals surface area (Å²) in [5, 5.41) is 9.40. The van der Waals surface area contributed by atoms with Crippen LogP contribution in [0.15, 0.2) is 72.8 Å². The number of esters is 1. The van der Waals surface area contributed by atoms with Gasteiger partial charge in [0, 0.05) is 12.1 Å². The van der Waals surface area contributed by atoms with E-state index in [4.69, 9.17) is 9.47 Å². The number of amides is 1. The third-order valence-electron chi connectivity index (χ3n) is 6.73. The maximum atomic E-state index is 13.1. The molecule has 3 aromatic rings. The first-order valence-electron chi connectivity index (χ1n) is 14.2. The number of rotatable bonds is 14. The van der Waals surface area contributed by atoms with Gasteiger partial charge in [-0.15, -0.1) is 0 Å². The van der Waals surface area contributed by atoms with Crippen LogP contribution in [0.25, 0.3) is 0 Å². The minimum atomic E-state index is -1.10. The highest BCUT2D eigenvalue weighted by molar-refractivity contribution is 5.96. The average molecular weight is 560 g/mol. The molecule has 0 spiro atoms. The Bertz CT molecular complexity index is 1270.